The minimum atomic E-state index is 0.211. The van der Waals surface area contributed by atoms with Gasteiger partial charge in [-0.2, -0.15) is 0 Å². The molecule has 3 nitrogen and oxygen atoms in total. The van der Waals surface area contributed by atoms with E-state index in [9.17, 15) is 0 Å². The van der Waals surface area contributed by atoms with Gasteiger partial charge in [0.15, 0.2) is 5.76 Å². The number of hydrogen-bond acceptors (Lipinski definition) is 3. The standard InChI is InChI=1S/C23H26ClNO2/c24-21-10-8-19(9-11-21)20-7-4-12-25(16-20)22(23-17-26-13-14-27-23)15-18-5-2-1-3-6-18/h1-2,5,8-11,13-14,17,20,22H,3-4,6-7,12,15-16H2. The third-order valence-electron chi connectivity index (χ3n) is 5.64. The lowest BCUT2D eigenvalue weighted by Gasteiger charge is -2.39. The van der Waals surface area contributed by atoms with Crippen LogP contribution in [0.2, 0.25) is 5.02 Å². The first kappa shape index (κ1) is 18.4. The normalized spacial score (nSPS) is 23.8. The van der Waals surface area contributed by atoms with Crippen LogP contribution >= 0.6 is 11.6 Å². The van der Waals surface area contributed by atoms with Gasteiger partial charge in [0.1, 0.15) is 18.8 Å². The van der Waals surface area contributed by atoms with Crippen molar-refractivity contribution in [2.24, 2.45) is 0 Å². The number of piperidine rings is 1. The molecule has 4 rings (SSSR count). The van der Waals surface area contributed by atoms with Crippen molar-refractivity contribution in [3.63, 3.8) is 0 Å². The van der Waals surface area contributed by atoms with Gasteiger partial charge in [-0.05, 0) is 62.3 Å². The maximum absolute atomic E-state index is 6.07. The summed E-state index contributed by atoms with van der Waals surface area (Å²) in [4.78, 5) is 2.57. The molecule has 0 aromatic heterocycles. The molecule has 2 unspecified atom stereocenters. The lowest BCUT2D eigenvalue weighted by Crippen LogP contribution is -2.43. The van der Waals surface area contributed by atoms with E-state index in [2.05, 4.69) is 35.3 Å². The second-order valence-electron chi connectivity index (χ2n) is 7.44. The summed E-state index contributed by atoms with van der Waals surface area (Å²) in [7, 11) is 0. The predicted octanol–water partition coefficient (Wildman–Crippen LogP) is 5.91. The summed E-state index contributed by atoms with van der Waals surface area (Å²) in [5, 5.41) is 0.797. The molecule has 142 valence electrons. The molecule has 0 radical (unpaired) electrons. The quantitative estimate of drug-likeness (QED) is 0.630. The Labute approximate surface area is 166 Å². The molecule has 2 aliphatic heterocycles. The fraction of sp³-hybridized carbons (Fsp3) is 0.391. The fourth-order valence-electron chi connectivity index (χ4n) is 4.21. The van der Waals surface area contributed by atoms with Gasteiger partial charge in [-0.3, -0.25) is 4.90 Å². The zero-order chi connectivity index (χ0) is 18.5. The summed E-state index contributed by atoms with van der Waals surface area (Å²) in [5.41, 5.74) is 2.85. The Morgan fingerprint density at radius 3 is 2.81 bits per heavy atom. The fourth-order valence-corrected chi connectivity index (χ4v) is 4.33. The van der Waals surface area contributed by atoms with Crippen molar-refractivity contribution in [1.82, 2.24) is 4.90 Å². The SMILES string of the molecule is Clc1ccc(C2CCCN(C(CC3=CC=CCC3)C3=COC=CO3)C2)cc1. The molecule has 3 aliphatic rings. The molecule has 1 aromatic carbocycles. The number of ether oxygens (including phenoxy) is 2. The Hall–Kier alpha value is -1.97. The maximum Gasteiger partial charge on any atom is 0.156 e. The molecular weight excluding hydrogens is 358 g/mol. The lowest BCUT2D eigenvalue weighted by atomic mass is 9.88. The van der Waals surface area contributed by atoms with Crippen LogP contribution in [0.4, 0.5) is 0 Å². The zero-order valence-corrected chi connectivity index (χ0v) is 16.3. The monoisotopic (exact) mass is 383 g/mol. The van der Waals surface area contributed by atoms with Gasteiger partial charge in [0, 0.05) is 11.6 Å². The summed E-state index contributed by atoms with van der Waals surface area (Å²) < 4.78 is 11.3. The lowest BCUT2D eigenvalue weighted by molar-refractivity contribution is 0.115. The maximum atomic E-state index is 6.07. The topological polar surface area (TPSA) is 21.7 Å². The van der Waals surface area contributed by atoms with E-state index in [1.165, 1.54) is 24.0 Å². The molecule has 4 heteroatoms. The first-order chi connectivity index (χ1) is 13.3. The van der Waals surface area contributed by atoms with E-state index in [0.29, 0.717) is 5.92 Å². The van der Waals surface area contributed by atoms with Crippen LogP contribution in [0.1, 0.15) is 43.6 Å². The second kappa shape index (κ2) is 8.81. The molecule has 27 heavy (non-hydrogen) atoms. The largest absolute Gasteiger partial charge is 0.466 e. The summed E-state index contributed by atoms with van der Waals surface area (Å²) in [6.45, 7) is 2.11. The van der Waals surface area contributed by atoms with Crippen LogP contribution in [0.15, 0.2) is 72.6 Å². The highest BCUT2D eigenvalue weighted by Crippen LogP contribution is 2.33. The van der Waals surface area contributed by atoms with Crippen molar-refractivity contribution in [1.29, 1.82) is 0 Å². The highest BCUT2D eigenvalue weighted by Gasteiger charge is 2.31. The summed E-state index contributed by atoms with van der Waals surface area (Å²) >= 11 is 6.07. The number of rotatable bonds is 5. The van der Waals surface area contributed by atoms with Gasteiger partial charge in [-0.1, -0.05) is 47.5 Å². The molecule has 1 aromatic rings. The van der Waals surface area contributed by atoms with Crippen molar-refractivity contribution in [3.05, 3.63) is 83.2 Å². The molecule has 0 saturated carbocycles. The zero-order valence-electron chi connectivity index (χ0n) is 15.5. The molecule has 1 saturated heterocycles. The summed E-state index contributed by atoms with van der Waals surface area (Å²) in [6, 6.07) is 8.54. The number of halogens is 1. The van der Waals surface area contributed by atoms with Crippen LogP contribution in [0.3, 0.4) is 0 Å². The highest BCUT2D eigenvalue weighted by molar-refractivity contribution is 6.30. The summed E-state index contributed by atoms with van der Waals surface area (Å²) in [5.74, 6) is 1.43. The van der Waals surface area contributed by atoms with Crippen molar-refractivity contribution >= 4 is 11.6 Å². The van der Waals surface area contributed by atoms with E-state index >= 15 is 0 Å². The molecule has 0 N–H and O–H groups in total. The number of allylic oxidation sites excluding steroid dienone is 3. The Balaban J connectivity index is 1.53. The van der Waals surface area contributed by atoms with E-state index in [1.54, 1.807) is 18.8 Å². The molecule has 0 amide bonds. The smallest absolute Gasteiger partial charge is 0.156 e. The average molecular weight is 384 g/mol. The Kier molecular flexibility index (Phi) is 6.00. The van der Waals surface area contributed by atoms with Gasteiger partial charge < -0.3 is 9.47 Å². The van der Waals surface area contributed by atoms with Gasteiger partial charge in [-0.25, -0.2) is 0 Å². The number of benzene rings is 1. The van der Waals surface area contributed by atoms with Crippen molar-refractivity contribution in [3.8, 4) is 0 Å². The first-order valence-electron chi connectivity index (χ1n) is 9.81. The molecular formula is C23H26ClNO2. The number of likely N-dealkylation sites (tertiary alicyclic amines) is 1. The van der Waals surface area contributed by atoms with Crippen LogP contribution in [0.5, 0.6) is 0 Å². The third kappa shape index (κ3) is 4.66. The minimum absolute atomic E-state index is 0.211. The van der Waals surface area contributed by atoms with Crippen molar-refractivity contribution in [2.45, 2.75) is 44.1 Å². The first-order valence-corrected chi connectivity index (χ1v) is 10.2. The second-order valence-corrected chi connectivity index (χ2v) is 7.88. The van der Waals surface area contributed by atoms with E-state index in [4.69, 9.17) is 21.1 Å². The molecule has 2 heterocycles. The van der Waals surface area contributed by atoms with Gasteiger partial charge in [0.05, 0.1) is 6.04 Å². The predicted molar refractivity (Wildman–Crippen MR) is 109 cm³/mol. The molecule has 0 bridgehead atoms. The highest BCUT2D eigenvalue weighted by atomic mass is 35.5. The van der Waals surface area contributed by atoms with E-state index < -0.39 is 0 Å². The Morgan fingerprint density at radius 1 is 1.19 bits per heavy atom. The molecule has 0 spiro atoms. The van der Waals surface area contributed by atoms with Gasteiger partial charge in [0.2, 0.25) is 0 Å². The van der Waals surface area contributed by atoms with E-state index in [1.807, 2.05) is 12.1 Å². The van der Waals surface area contributed by atoms with Crippen molar-refractivity contribution < 1.29 is 9.47 Å². The molecule has 1 fully saturated rings. The molecule has 2 atom stereocenters. The van der Waals surface area contributed by atoms with Gasteiger partial charge >= 0.3 is 0 Å². The van der Waals surface area contributed by atoms with Crippen LogP contribution in [-0.4, -0.2) is 24.0 Å². The minimum Gasteiger partial charge on any atom is -0.466 e. The number of hydrogen-bond donors (Lipinski definition) is 0. The Bertz CT molecular complexity index is 763. The van der Waals surface area contributed by atoms with Crippen LogP contribution in [0.25, 0.3) is 0 Å². The van der Waals surface area contributed by atoms with Crippen molar-refractivity contribution in [2.75, 3.05) is 13.1 Å². The van der Waals surface area contributed by atoms with Crippen LogP contribution < -0.4 is 0 Å². The van der Waals surface area contributed by atoms with Gasteiger partial charge in [-0.15, -0.1) is 0 Å². The molecule has 1 aliphatic carbocycles. The summed E-state index contributed by atoms with van der Waals surface area (Å²) in [6.07, 6.45) is 17.3. The Morgan fingerprint density at radius 2 is 2.07 bits per heavy atom. The third-order valence-corrected chi connectivity index (χ3v) is 5.89. The average Bonchev–Trinajstić information content (AvgIpc) is 2.74. The van der Waals surface area contributed by atoms with Crippen LogP contribution in [-0.2, 0) is 9.47 Å². The van der Waals surface area contributed by atoms with Gasteiger partial charge in [0.25, 0.3) is 0 Å². The number of nitrogens with zero attached hydrogens (tertiary/aromatic N) is 1. The van der Waals surface area contributed by atoms with E-state index in [0.717, 1.165) is 43.1 Å². The van der Waals surface area contributed by atoms with Crippen LogP contribution in [0, 0.1) is 0 Å². The van der Waals surface area contributed by atoms with E-state index in [-0.39, 0.29) is 6.04 Å².